The van der Waals surface area contributed by atoms with E-state index in [2.05, 4.69) is 5.32 Å². The number of anilines is 1. The lowest BCUT2D eigenvalue weighted by molar-refractivity contribution is -0.139. The first-order valence-corrected chi connectivity index (χ1v) is 8.90. The van der Waals surface area contributed by atoms with Gasteiger partial charge in [-0.25, -0.2) is 9.78 Å². The molecule has 0 spiro atoms. The third-order valence-corrected chi connectivity index (χ3v) is 4.74. The minimum atomic E-state index is -0.359. The fourth-order valence-corrected chi connectivity index (χ4v) is 3.56. The minimum Gasteiger partial charge on any atom is -0.497 e. The van der Waals surface area contributed by atoms with Gasteiger partial charge in [-0.1, -0.05) is 24.3 Å². The Morgan fingerprint density at radius 2 is 2.04 bits per heavy atom. The Hall–Kier alpha value is -3.28. The van der Waals surface area contributed by atoms with Gasteiger partial charge in [0, 0.05) is 5.70 Å². The number of fused-ring (bicyclic) bond motifs is 3. The van der Waals surface area contributed by atoms with Crippen LogP contribution in [0.1, 0.15) is 25.5 Å². The smallest absolute Gasteiger partial charge is 0.338 e. The molecule has 0 radical (unpaired) electrons. The number of allylic oxidation sites excluding steroid dienone is 1. The Kier molecular flexibility index (Phi) is 4.32. The van der Waals surface area contributed by atoms with Crippen LogP contribution in [0.4, 0.5) is 5.95 Å². The van der Waals surface area contributed by atoms with Gasteiger partial charge in [-0.3, -0.25) is 4.57 Å². The van der Waals surface area contributed by atoms with Crippen molar-refractivity contribution in [2.24, 2.45) is 0 Å². The van der Waals surface area contributed by atoms with E-state index in [9.17, 15) is 4.79 Å². The normalized spacial score (nSPS) is 16.0. The average molecular weight is 363 g/mol. The van der Waals surface area contributed by atoms with E-state index >= 15 is 0 Å². The Bertz CT molecular complexity index is 1050. The van der Waals surface area contributed by atoms with E-state index in [0.29, 0.717) is 18.1 Å². The molecular formula is C21H21N3O3. The predicted molar refractivity (Wildman–Crippen MR) is 104 cm³/mol. The van der Waals surface area contributed by atoms with Crippen molar-refractivity contribution in [2.45, 2.75) is 19.9 Å². The number of hydrogen-bond acceptors (Lipinski definition) is 5. The third kappa shape index (κ3) is 2.83. The van der Waals surface area contributed by atoms with Crippen molar-refractivity contribution < 1.29 is 14.3 Å². The molecule has 0 fully saturated rings. The van der Waals surface area contributed by atoms with E-state index in [1.54, 1.807) is 7.11 Å². The molecular weight excluding hydrogens is 342 g/mol. The lowest BCUT2D eigenvalue weighted by Gasteiger charge is -2.30. The summed E-state index contributed by atoms with van der Waals surface area (Å²) in [7, 11) is 1.63. The number of hydrogen-bond donors (Lipinski definition) is 1. The van der Waals surface area contributed by atoms with E-state index in [-0.39, 0.29) is 12.0 Å². The molecule has 6 heteroatoms. The van der Waals surface area contributed by atoms with Crippen LogP contribution in [0.2, 0.25) is 0 Å². The molecule has 2 heterocycles. The van der Waals surface area contributed by atoms with Gasteiger partial charge < -0.3 is 14.8 Å². The van der Waals surface area contributed by atoms with Crippen LogP contribution >= 0.6 is 0 Å². The predicted octanol–water partition coefficient (Wildman–Crippen LogP) is 3.90. The van der Waals surface area contributed by atoms with E-state index in [4.69, 9.17) is 14.5 Å². The van der Waals surface area contributed by atoms with Gasteiger partial charge in [0.1, 0.15) is 5.75 Å². The first kappa shape index (κ1) is 17.1. The second-order valence-corrected chi connectivity index (χ2v) is 6.36. The molecule has 0 unspecified atom stereocenters. The highest BCUT2D eigenvalue weighted by molar-refractivity contribution is 5.94. The molecule has 0 bridgehead atoms. The Morgan fingerprint density at radius 1 is 1.22 bits per heavy atom. The van der Waals surface area contributed by atoms with Crippen molar-refractivity contribution >= 4 is 23.0 Å². The van der Waals surface area contributed by atoms with Crippen molar-refractivity contribution in [1.82, 2.24) is 9.55 Å². The number of para-hydroxylation sites is 2. The van der Waals surface area contributed by atoms with Gasteiger partial charge in [-0.05, 0) is 43.7 Å². The second kappa shape index (κ2) is 6.79. The number of nitrogens with one attached hydrogen (secondary N) is 1. The Labute approximate surface area is 157 Å². The molecule has 6 nitrogen and oxygen atoms in total. The number of nitrogens with zero attached hydrogens (tertiary/aromatic N) is 2. The lowest BCUT2D eigenvalue weighted by atomic mass is 9.95. The van der Waals surface area contributed by atoms with Crippen LogP contribution in [0.15, 0.2) is 59.8 Å². The first-order chi connectivity index (χ1) is 13.1. The fourth-order valence-electron chi connectivity index (χ4n) is 3.56. The molecule has 138 valence electrons. The summed E-state index contributed by atoms with van der Waals surface area (Å²) in [5.74, 6) is 1.10. The zero-order valence-corrected chi connectivity index (χ0v) is 15.5. The van der Waals surface area contributed by atoms with Gasteiger partial charge in [0.15, 0.2) is 0 Å². The van der Waals surface area contributed by atoms with E-state index in [0.717, 1.165) is 28.0 Å². The first-order valence-electron chi connectivity index (χ1n) is 8.90. The number of imidazole rings is 1. The molecule has 4 rings (SSSR count). The van der Waals surface area contributed by atoms with Crippen molar-refractivity contribution in [1.29, 1.82) is 0 Å². The average Bonchev–Trinajstić information content (AvgIpc) is 3.04. The van der Waals surface area contributed by atoms with Crippen LogP contribution in [0, 0.1) is 0 Å². The van der Waals surface area contributed by atoms with Gasteiger partial charge >= 0.3 is 5.97 Å². The number of methoxy groups -OCH3 is 1. The topological polar surface area (TPSA) is 65.4 Å². The van der Waals surface area contributed by atoms with Crippen LogP contribution in [0.3, 0.4) is 0 Å². The highest BCUT2D eigenvalue weighted by atomic mass is 16.5. The van der Waals surface area contributed by atoms with Gasteiger partial charge in [0.25, 0.3) is 0 Å². The highest BCUT2D eigenvalue weighted by Gasteiger charge is 2.35. The fraction of sp³-hybridized carbons (Fsp3) is 0.238. The van der Waals surface area contributed by atoms with Gasteiger partial charge in [0.05, 0.1) is 36.4 Å². The highest BCUT2D eigenvalue weighted by Crippen LogP contribution is 2.40. The largest absolute Gasteiger partial charge is 0.497 e. The molecule has 1 aromatic heterocycles. The van der Waals surface area contributed by atoms with E-state index in [1.165, 1.54) is 0 Å². The molecule has 1 aliphatic rings. The number of esters is 1. The number of ether oxygens (including phenoxy) is 2. The van der Waals surface area contributed by atoms with Crippen molar-refractivity contribution in [2.75, 3.05) is 19.0 Å². The van der Waals surface area contributed by atoms with Gasteiger partial charge in [0.2, 0.25) is 5.95 Å². The molecule has 3 aromatic rings. The molecule has 27 heavy (non-hydrogen) atoms. The van der Waals surface area contributed by atoms with Crippen LogP contribution in [0.5, 0.6) is 5.75 Å². The quantitative estimate of drug-likeness (QED) is 0.712. The summed E-state index contributed by atoms with van der Waals surface area (Å²) < 4.78 is 12.8. The van der Waals surface area contributed by atoms with Crippen molar-refractivity contribution in [3.63, 3.8) is 0 Å². The summed E-state index contributed by atoms with van der Waals surface area (Å²) in [5.41, 5.74) is 4.06. The number of benzene rings is 2. The molecule has 0 saturated carbocycles. The zero-order chi connectivity index (χ0) is 19.0. The summed E-state index contributed by atoms with van der Waals surface area (Å²) >= 11 is 0. The summed E-state index contributed by atoms with van der Waals surface area (Å²) in [6, 6.07) is 15.3. The van der Waals surface area contributed by atoms with Gasteiger partial charge in [-0.2, -0.15) is 0 Å². The van der Waals surface area contributed by atoms with Crippen LogP contribution < -0.4 is 10.1 Å². The number of rotatable bonds is 4. The molecule has 1 aliphatic heterocycles. The molecule has 0 amide bonds. The molecule has 1 N–H and O–H groups in total. The summed E-state index contributed by atoms with van der Waals surface area (Å²) in [6.07, 6.45) is 0. The third-order valence-electron chi connectivity index (χ3n) is 4.74. The zero-order valence-electron chi connectivity index (χ0n) is 15.5. The number of carbonyl (C=O) groups excluding carboxylic acids is 1. The SMILES string of the molecule is CCOC(=O)C1=C(C)Nc2nc3ccccc3n2[C@H]1c1cccc(OC)c1. The number of aromatic nitrogens is 2. The molecule has 0 saturated heterocycles. The Balaban J connectivity index is 1.98. The lowest BCUT2D eigenvalue weighted by Crippen LogP contribution is -2.29. The van der Waals surface area contributed by atoms with Crippen LogP contribution in [-0.4, -0.2) is 29.2 Å². The maximum absolute atomic E-state index is 12.8. The monoisotopic (exact) mass is 363 g/mol. The van der Waals surface area contributed by atoms with E-state index < -0.39 is 0 Å². The van der Waals surface area contributed by atoms with Crippen molar-refractivity contribution in [3.8, 4) is 5.75 Å². The van der Waals surface area contributed by atoms with E-state index in [1.807, 2.05) is 66.9 Å². The number of carbonyl (C=O) groups is 1. The molecule has 1 atom stereocenters. The minimum absolute atomic E-state index is 0.317. The van der Waals surface area contributed by atoms with Crippen LogP contribution in [0.25, 0.3) is 11.0 Å². The maximum Gasteiger partial charge on any atom is 0.338 e. The summed E-state index contributed by atoms with van der Waals surface area (Å²) in [5, 5.41) is 3.27. The maximum atomic E-state index is 12.8. The second-order valence-electron chi connectivity index (χ2n) is 6.36. The van der Waals surface area contributed by atoms with Crippen molar-refractivity contribution in [3.05, 3.63) is 65.4 Å². The standard InChI is InChI=1S/C21H21N3O3/c1-4-27-20(25)18-13(2)22-21-23-16-10-5-6-11-17(16)24(21)19(18)14-8-7-9-15(12-14)26-3/h5-12,19H,4H2,1-3H3,(H,22,23)/t19-/m0/s1. The molecule has 0 aliphatic carbocycles. The molecule has 2 aromatic carbocycles. The Morgan fingerprint density at radius 3 is 2.81 bits per heavy atom. The summed E-state index contributed by atoms with van der Waals surface area (Å²) in [4.78, 5) is 17.5. The van der Waals surface area contributed by atoms with Crippen LogP contribution in [-0.2, 0) is 9.53 Å². The van der Waals surface area contributed by atoms with Gasteiger partial charge in [-0.15, -0.1) is 0 Å². The summed E-state index contributed by atoms with van der Waals surface area (Å²) in [6.45, 7) is 4.00.